The van der Waals surface area contributed by atoms with Crippen LogP contribution in [0.15, 0.2) is 54.9 Å². The van der Waals surface area contributed by atoms with Gasteiger partial charge in [0.15, 0.2) is 0 Å². The molecule has 2 aromatic heterocycles. The zero-order valence-electron chi connectivity index (χ0n) is 16.2. The van der Waals surface area contributed by atoms with Crippen molar-refractivity contribution >= 4 is 17.5 Å². The molecule has 7 nitrogen and oxygen atoms in total. The number of carbonyl (C=O) groups is 2. The molecule has 0 aliphatic carbocycles. The highest BCUT2D eigenvalue weighted by Gasteiger charge is 2.25. The van der Waals surface area contributed by atoms with E-state index in [4.69, 9.17) is 4.74 Å². The third-order valence-corrected chi connectivity index (χ3v) is 4.44. The summed E-state index contributed by atoms with van der Waals surface area (Å²) < 4.78 is 7.12. The van der Waals surface area contributed by atoms with Gasteiger partial charge in [-0.15, -0.1) is 0 Å². The van der Waals surface area contributed by atoms with Crippen LogP contribution in [0.25, 0.3) is 5.65 Å². The number of aromatic nitrogens is 2. The molecule has 0 fully saturated rings. The summed E-state index contributed by atoms with van der Waals surface area (Å²) in [5.74, 6) is -0.221. The van der Waals surface area contributed by atoms with Crippen molar-refractivity contribution in [3.05, 3.63) is 66.1 Å². The Morgan fingerprint density at radius 3 is 2.61 bits per heavy atom. The van der Waals surface area contributed by atoms with Gasteiger partial charge in [-0.3, -0.25) is 9.59 Å². The van der Waals surface area contributed by atoms with Gasteiger partial charge in [-0.25, -0.2) is 4.98 Å². The molecule has 28 heavy (non-hydrogen) atoms. The van der Waals surface area contributed by atoms with Crippen molar-refractivity contribution in [2.24, 2.45) is 5.92 Å². The summed E-state index contributed by atoms with van der Waals surface area (Å²) in [6, 6.07) is 12.0. The molecule has 0 spiro atoms. The number of pyridine rings is 1. The largest absolute Gasteiger partial charge is 0.496 e. The van der Waals surface area contributed by atoms with Crippen molar-refractivity contribution in [3.63, 3.8) is 0 Å². The van der Waals surface area contributed by atoms with Gasteiger partial charge in [0.05, 0.1) is 24.9 Å². The summed E-state index contributed by atoms with van der Waals surface area (Å²) in [6.07, 6.45) is 3.77. The van der Waals surface area contributed by atoms with Gasteiger partial charge in [-0.1, -0.05) is 32.0 Å². The van der Waals surface area contributed by atoms with Crippen molar-refractivity contribution in [2.75, 3.05) is 7.11 Å². The minimum atomic E-state index is -0.672. The third kappa shape index (κ3) is 4.31. The maximum Gasteiger partial charge on any atom is 0.255 e. The number of fused-ring (bicyclic) bond motifs is 1. The fourth-order valence-electron chi connectivity index (χ4n) is 2.95. The number of methoxy groups -OCH3 is 1. The van der Waals surface area contributed by atoms with E-state index < -0.39 is 6.04 Å². The molecule has 0 unspecified atom stereocenters. The minimum Gasteiger partial charge on any atom is -0.496 e. The number of ether oxygens (including phenoxy) is 1. The van der Waals surface area contributed by atoms with Crippen molar-refractivity contribution in [3.8, 4) is 5.75 Å². The lowest BCUT2D eigenvalue weighted by atomic mass is 10.0. The average Bonchev–Trinajstić information content (AvgIpc) is 3.12. The fraction of sp³-hybridized carbons (Fsp3) is 0.286. The second-order valence-electron chi connectivity index (χ2n) is 6.81. The first kappa shape index (κ1) is 19.4. The van der Waals surface area contributed by atoms with Gasteiger partial charge in [-0.05, 0) is 30.2 Å². The van der Waals surface area contributed by atoms with Gasteiger partial charge in [0, 0.05) is 12.4 Å². The standard InChI is InChI=1S/C21H24N4O3/c1-14(2)19(24-20(26)16-8-4-5-9-17(16)28-3)21(27)22-12-15-13-25-11-7-6-10-18(25)23-15/h4-11,13-14,19H,12H2,1-3H3,(H,22,27)(H,24,26)/t19-/m0/s1. The van der Waals surface area contributed by atoms with Crippen LogP contribution in [-0.4, -0.2) is 34.4 Å². The zero-order chi connectivity index (χ0) is 20.1. The van der Waals surface area contributed by atoms with Crippen LogP contribution in [0.4, 0.5) is 0 Å². The van der Waals surface area contributed by atoms with E-state index in [0.717, 1.165) is 11.3 Å². The van der Waals surface area contributed by atoms with Crippen LogP contribution in [0.5, 0.6) is 5.75 Å². The van der Waals surface area contributed by atoms with Gasteiger partial charge in [-0.2, -0.15) is 0 Å². The molecule has 3 aromatic rings. The van der Waals surface area contributed by atoms with Gasteiger partial charge < -0.3 is 19.8 Å². The highest BCUT2D eigenvalue weighted by Crippen LogP contribution is 2.17. The SMILES string of the molecule is COc1ccccc1C(=O)N[C@H](C(=O)NCc1cn2ccccc2n1)C(C)C. The van der Waals surface area contributed by atoms with Crippen LogP contribution >= 0.6 is 0 Å². The highest BCUT2D eigenvalue weighted by atomic mass is 16.5. The van der Waals surface area contributed by atoms with Crippen LogP contribution < -0.4 is 15.4 Å². The number of benzene rings is 1. The van der Waals surface area contributed by atoms with Crippen molar-refractivity contribution in [1.29, 1.82) is 0 Å². The Labute approximate surface area is 163 Å². The summed E-state index contributed by atoms with van der Waals surface area (Å²) in [7, 11) is 1.51. The smallest absolute Gasteiger partial charge is 0.255 e. The lowest BCUT2D eigenvalue weighted by molar-refractivity contribution is -0.124. The molecule has 3 rings (SSSR count). The zero-order valence-corrected chi connectivity index (χ0v) is 16.2. The first-order valence-electron chi connectivity index (χ1n) is 9.14. The molecule has 7 heteroatoms. The Balaban J connectivity index is 1.67. The molecule has 1 atom stereocenters. The molecule has 0 aliphatic heterocycles. The van der Waals surface area contributed by atoms with Crippen LogP contribution in [0, 0.1) is 5.92 Å². The number of hydrogen-bond donors (Lipinski definition) is 2. The number of amides is 2. The summed E-state index contributed by atoms with van der Waals surface area (Å²) in [4.78, 5) is 29.8. The van der Waals surface area contributed by atoms with Crippen molar-refractivity contribution < 1.29 is 14.3 Å². The molecule has 0 bridgehead atoms. The molecule has 146 valence electrons. The van der Waals surface area contributed by atoms with E-state index in [2.05, 4.69) is 15.6 Å². The topological polar surface area (TPSA) is 84.7 Å². The molecule has 0 radical (unpaired) electrons. The lowest BCUT2D eigenvalue weighted by Crippen LogP contribution is -2.49. The minimum absolute atomic E-state index is 0.0836. The molecule has 2 amide bonds. The second kappa shape index (κ2) is 8.56. The Morgan fingerprint density at radius 1 is 1.14 bits per heavy atom. The Morgan fingerprint density at radius 2 is 1.89 bits per heavy atom. The normalized spacial score (nSPS) is 12.0. The van der Waals surface area contributed by atoms with E-state index in [1.54, 1.807) is 24.3 Å². The number of nitrogens with one attached hydrogen (secondary N) is 2. The summed E-state index contributed by atoms with van der Waals surface area (Å²) in [6.45, 7) is 4.06. The Hall–Kier alpha value is -3.35. The molecular formula is C21H24N4O3. The fourth-order valence-corrected chi connectivity index (χ4v) is 2.95. The molecular weight excluding hydrogens is 356 g/mol. The quantitative estimate of drug-likeness (QED) is 0.659. The van der Waals surface area contributed by atoms with Crippen LogP contribution in [0.1, 0.15) is 29.9 Å². The van der Waals surface area contributed by atoms with E-state index >= 15 is 0 Å². The lowest BCUT2D eigenvalue weighted by Gasteiger charge is -2.22. The number of carbonyl (C=O) groups excluding carboxylic acids is 2. The van der Waals surface area contributed by atoms with Gasteiger partial charge in [0.25, 0.3) is 5.91 Å². The number of imidazole rings is 1. The van der Waals surface area contributed by atoms with Crippen molar-refractivity contribution in [2.45, 2.75) is 26.4 Å². The summed E-state index contributed by atoms with van der Waals surface area (Å²) in [5, 5.41) is 5.68. The number of para-hydroxylation sites is 1. The summed E-state index contributed by atoms with van der Waals surface area (Å²) >= 11 is 0. The van der Waals surface area contributed by atoms with E-state index in [0.29, 0.717) is 11.3 Å². The molecule has 2 N–H and O–H groups in total. The maximum atomic E-state index is 12.7. The van der Waals surface area contributed by atoms with E-state index in [9.17, 15) is 9.59 Å². The number of nitrogens with zero attached hydrogens (tertiary/aromatic N) is 2. The van der Waals surface area contributed by atoms with E-state index in [1.807, 2.05) is 48.8 Å². The third-order valence-electron chi connectivity index (χ3n) is 4.44. The van der Waals surface area contributed by atoms with Gasteiger partial charge in [0.2, 0.25) is 5.91 Å². The van der Waals surface area contributed by atoms with Crippen LogP contribution in [0.2, 0.25) is 0 Å². The Kier molecular flexibility index (Phi) is 5.93. The molecule has 0 aliphatic rings. The second-order valence-corrected chi connectivity index (χ2v) is 6.81. The highest BCUT2D eigenvalue weighted by molar-refractivity contribution is 5.99. The van der Waals surface area contributed by atoms with E-state index in [1.165, 1.54) is 7.11 Å². The Bertz CT molecular complexity index is 947. The predicted molar refractivity (Wildman–Crippen MR) is 106 cm³/mol. The molecule has 2 heterocycles. The van der Waals surface area contributed by atoms with Gasteiger partial charge >= 0.3 is 0 Å². The van der Waals surface area contributed by atoms with E-state index in [-0.39, 0.29) is 24.3 Å². The monoisotopic (exact) mass is 380 g/mol. The average molecular weight is 380 g/mol. The molecule has 1 aromatic carbocycles. The molecule has 0 saturated heterocycles. The predicted octanol–water partition coefficient (Wildman–Crippen LogP) is 2.41. The maximum absolute atomic E-state index is 12.7. The number of hydrogen-bond acceptors (Lipinski definition) is 4. The first-order chi connectivity index (χ1) is 13.5. The van der Waals surface area contributed by atoms with Crippen molar-refractivity contribution in [1.82, 2.24) is 20.0 Å². The summed E-state index contributed by atoms with van der Waals surface area (Å²) in [5.41, 5.74) is 1.96. The van der Waals surface area contributed by atoms with Gasteiger partial charge in [0.1, 0.15) is 17.4 Å². The van der Waals surface area contributed by atoms with Crippen LogP contribution in [0.3, 0.4) is 0 Å². The van der Waals surface area contributed by atoms with Crippen LogP contribution in [-0.2, 0) is 11.3 Å². The number of rotatable bonds is 7. The molecule has 0 saturated carbocycles. The first-order valence-corrected chi connectivity index (χ1v) is 9.14.